The first-order valence-corrected chi connectivity index (χ1v) is 9.13. The Balaban J connectivity index is 2.05. The smallest absolute Gasteiger partial charge is 0.423 e. The monoisotopic (exact) mass is 445 g/mol. The van der Waals surface area contributed by atoms with Gasteiger partial charge < -0.3 is 15.0 Å². The molecule has 0 bridgehead atoms. The number of benzene rings is 2. The number of carbonyl (C=O) groups excluding carboxylic acids is 1. The highest BCUT2D eigenvalue weighted by Gasteiger charge is 2.43. The summed E-state index contributed by atoms with van der Waals surface area (Å²) < 4.78 is 83.9. The second kappa shape index (κ2) is 7.27. The molecule has 11 heteroatoms. The first-order chi connectivity index (χ1) is 14.0. The zero-order valence-electron chi connectivity index (χ0n) is 16.9. The molecule has 31 heavy (non-hydrogen) atoms. The molecule has 0 spiro atoms. The molecule has 0 atom stereocenters. The van der Waals surface area contributed by atoms with Crippen LogP contribution < -0.4 is 10.8 Å². The second-order valence-corrected chi connectivity index (χ2v) is 7.87. The summed E-state index contributed by atoms with van der Waals surface area (Å²) >= 11 is 0. The number of halogens is 6. The highest BCUT2D eigenvalue weighted by atomic mass is 19.4. The molecule has 0 saturated heterocycles. The summed E-state index contributed by atoms with van der Waals surface area (Å²) in [6.07, 6.45) is -10.1. The second-order valence-electron chi connectivity index (χ2n) is 7.87. The number of alkyl halides is 6. The number of carbonyl (C=O) groups is 1. The third kappa shape index (κ3) is 4.29. The van der Waals surface area contributed by atoms with Crippen LogP contribution in [0.2, 0.25) is 0 Å². The van der Waals surface area contributed by atoms with Crippen LogP contribution in [0.15, 0.2) is 24.3 Å². The molecule has 2 aromatic carbocycles. The minimum Gasteiger partial charge on any atom is -0.423 e. The molecule has 0 radical (unpaired) electrons. The van der Waals surface area contributed by atoms with Gasteiger partial charge in [-0.15, -0.1) is 0 Å². The van der Waals surface area contributed by atoms with Crippen molar-refractivity contribution in [3.63, 3.8) is 0 Å². The zero-order valence-corrected chi connectivity index (χ0v) is 16.9. The first kappa shape index (κ1) is 23.1. The highest BCUT2D eigenvalue weighted by molar-refractivity contribution is 6.62. The maximum atomic E-state index is 13.1. The molecule has 4 nitrogen and oxygen atoms in total. The van der Waals surface area contributed by atoms with Gasteiger partial charge in [0.2, 0.25) is 0 Å². The van der Waals surface area contributed by atoms with Gasteiger partial charge in [-0.2, -0.15) is 26.3 Å². The van der Waals surface area contributed by atoms with E-state index in [9.17, 15) is 36.2 Å². The van der Waals surface area contributed by atoms with Crippen LogP contribution in [0.4, 0.5) is 32.0 Å². The molecular formula is C20H18BF6NO3. The van der Waals surface area contributed by atoms with E-state index >= 15 is 0 Å². The van der Waals surface area contributed by atoms with E-state index < -0.39 is 47.7 Å². The highest BCUT2D eigenvalue weighted by Crippen LogP contribution is 2.38. The van der Waals surface area contributed by atoms with Gasteiger partial charge in [0.1, 0.15) is 0 Å². The third-order valence-electron chi connectivity index (χ3n) is 5.30. The lowest BCUT2D eigenvalue weighted by atomic mass is 9.75. The van der Waals surface area contributed by atoms with Crippen molar-refractivity contribution in [2.75, 3.05) is 5.32 Å². The van der Waals surface area contributed by atoms with E-state index in [0.717, 1.165) is 0 Å². The average Bonchev–Trinajstić information content (AvgIpc) is 2.85. The number of anilines is 1. The van der Waals surface area contributed by atoms with Crippen molar-refractivity contribution in [1.29, 1.82) is 0 Å². The van der Waals surface area contributed by atoms with E-state index in [0.29, 0.717) is 34.3 Å². The maximum absolute atomic E-state index is 13.1. The minimum absolute atomic E-state index is 0.0443. The third-order valence-corrected chi connectivity index (χ3v) is 5.30. The number of hydrogen-bond donors (Lipinski definition) is 2. The van der Waals surface area contributed by atoms with E-state index in [2.05, 4.69) is 5.32 Å². The Hall–Kier alpha value is -2.53. The molecule has 0 fully saturated rings. The standard InChI is InChI=1S/C20H18BF6NO3/c1-9-10(2)16-14(21(30)31-18(16,3)4)8-15(9)28-17(29)11-5-12(19(22,23)24)7-13(6-11)20(25,26)27/h5-8,30H,1-4H3,(H,28,29). The Morgan fingerprint density at radius 3 is 1.97 bits per heavy atom. The van der Waals surface area contributed by atoms with Gasteiger partial charge in [-0.1, -0.05) is 0 Å². The Kier molecular flexibility index (Phi) is 5.43. The first-order valence-electron chi connectivity index (χ1n) is 9.13. The fourth-order valence-corrected chi connectivity index (χ4v) is 3.75. The molecule has 1 amide bonds. The summed E-state index contributed by atoms with van der Waals surface area (Å²) in [7, 11) is -1.29. The molecule has 2 aromatic rings. The van der Waals surface area contributed by atoms with E-state index in [1.165, 1.54) is 6.07 Å². The minimum atomic E-state index is -5.07. The van der Waals surface area contributed by atoms with Crippen molar-refractivity contribution in [1.82, 2.24) is 0 Å². The molecule has 1 aliphatic rings. The van der Waals surface area contributed by atoms with Crippen LogP contribution in [0.1, 0.15) is 52.0 Å². The molecule has 3 rings (SSSR count). The number of fused-ring (bicyclic) bond motifs is 1. The lowest BCUT2D eigenvalue weighted by Gasteiger charge is -2.23. The fraction of sp³-hybridized carbons (Fsp3) is 0.350. The van der Waals surface area contributed by atoms with Crippen LogP contribution in [0.25, 0.3) is 0 Å². The SMILES string of the molecule is Cc1c(NC(=O)c2cc(C(F)(F)F)cc(C(F)(F)F)c2)cc2c(c1C)C(C)(C)OB2O. The van der Waals surface area contributed by atoms with Gasteiger partial charge in [0, 0.05) is 11.3 Å². The number of amides is 1. The van der Waals surface area contributed by atoms with E-state index in [1.54, 1.807) is 27.7 Å². The fourth-order valence-electron chi connectivity index (χ4n) is 3.75. The molecular weight excluding hydrogens is 427 g/mol. The van der Waals surface area contributed by atoms with Gasteiger partial charge in [0.05, 0.1) is 16.7 Å². The normalized spacial score (nSPS) is 15.8. The van der Waals surface area contributed by atoms with Gasteiger partial charge in [0.15, 0.2) is 0 Å². The molecule has 0 unspecified atom stereocenters. The molecule has 1 heterocycles. The van der Waals surface area contributed by atoms with Crippen LogP contribution in [0.3, 0.4) is 0 Å². The van der Waals surface area contributed by atoms with Gasteiger partial charge >= 0.3 is 19.5 Å². The van der Waals surface area contributed by atoms with Crippen LogP contribution in [0, 0.1) is 13.8 Å². The van der Waals surface area contributed by atoms with Crippen molar-refractivity contribution < 1.29 is 40.8 Å². The van der Waals surface area contributed by atoms with Crippen molar-refractivity contribution in [2.24, 2.45) is 0 Å². The topological polar surface area (TPSA) is 58.6 Å². The van der Waals surface area contributed by atoms with Crippen molar-refractivity contribution in [2.45, 2.75) is 45.6 Å². The van der Waals surface area contributed by atoms with E-state index in [1.807, 2.05) is 0 Å². The summed E-state index contributed by atoms with van der Waals surface area (Å²) in [5, 5.41) is 12.5. The van der Waals surface area contributed by atoms with Gasteiger partial charge in [-0.05, 0) is 74.1 Å². The quantitative estimate of drug-likeness (QED) is 0.527. The Morgan fingerprint density at radius 2 is 1.48 bits per heavy atom. The predicted octanol–water partition coefficient (Wildman–Crippen LogP) is 4.55. The summed E-state index contributed by atoms with van der Waals surface area (Å²) in [5.74, 6) is -1.15. The lowest BCUT2D eigenvalue weighted by Crippen LogP contribution is -2.29. The number of rotatable bonds is 2. The Morgan fingerprint density at radius 1 is 0.968 bits per heavy atom. The van der Waals surface area contributed by atoms with E-state index in [-0.39, 0.29) is 11.8 Å². The maximum Gasteiger partial charge on any atom is 0.492 e. The summed E-state index contributed by atoms with van der Waals surface area (Å²) in [6, 6.07) is 2.09. The molecule has 1 aliphatic heterocycles. The zero-order chi connectivity index (χ0) is 23.5. The molecule has 0 aliphatic carbocycles. The van der Waals surface area contributed by atoms with Crippen LogP contribution >= 0.6 is 0 Å². The number of hydrogen-bond acceptors (Lipinski definition) is 3. The van der Waals surface area contributed by atoms with Gasteiger partial charge in [0.25, 0.3) is 5.91 Å². The van der Waals surface area contributed by atoms with Gasteiger partial charge in [-0.25, -0.2) is 0 Å². The van der Waals surface area contributed by atoms with Gasteiger partial charge in [-0.3, -0.25) is 4.79 Å². The predicted molar refractivity (Wildman–Crippen MR) is 102 cm³/mol. The van der Waals surface area contributed by atoms with Crippen LogP contribution in [-0.2, 0) is 22.6 Å². The summed E-state index contributed by atoms with van der Waals surface area (Å²) in [4.78, 5) is 12.6. The van der Waals surface area contributed by atoms with E-state index in [4.69, 9.17) is 4.65 Å². The molecule has 2 N–H and O–H groups in total. The Labute approximate surface area is 174 Å². The summed E-state index contributed by atoms with van der Waals surface area (Å²) in [6.45, 7) is 6.85. The summed E-state index contributed by atoms with van der Waals surface area (Å²) in [5.41, 5.74) is -2.34. The average molecular weight is 445 g/mol. The lowest BCUT2D eigenvalue weighted by molar-refractivity contribution is -0.143. The van der Waals surface area contributed by atoms with Crippen LogP contribution in [-0.4, -0.2) is 18.0 Å². The molecule has 0 aromatic heterocycles. The molecule has 166 valence electrons. The van der Waals surface area contributed by atoms with Crippen molar-refractivity contribution in [3.8, 4) is 0 Å². The largest absolute Gasteiger partial charge is 0.492 e. The number of nitrogens with one attached hydrogen (secondary N) is 1. The van der Waals surface area contributed by atoms with Crippen molar-refractivity contribution >= 4 is 24.2 Å². The molecule has 0 saturated carbocycles. The van der Waals surface area contributed by atoms with Crippen LogP contribution in [0.5, 0.6) is 0 Å². The van der Waals surface area contributed by atoms with Crippen molar-refractivity contribution in [3.05, 3.63) is 57.6 Å². The Bertz CT molecular complexity index is 1030.